The quantitative estimate of drug-likeness (QED) is 0.772. The molecule has 3 amide bonds. The third-order valence-corrected chi connectivity index (χ3v) is 5.26. The minimum absolute atomic E-state index is 0.168. The van der Waals surface area contributed by atoms with Crippen molar-refractivity contribution in [3.8, 4) is 5.75 Å². The Labute approximate surface area is 150 Å². The number of nitrogens with zero attached hydrogens (tertiary/aromatic N) is 2. The first-order valence-electron chi connectivity index (χ1n) is 8.17. The van der Waals surface area contributed by atoms with Crippen molar-refractivity contribution in [3.63, 3.8) is 0 Å². The lowest BCUT2D eigenvalue weighted by atomic mass is 10.1. The van der Waals surface area contributed by atoms with Crippen molar-refractivity contribution in [1.29, 1.82) is 0 Å². The Kier molecular flexibility index (Phi) is 5.13. The lowest BCUT2D eigenvalue weighted by molar-refractivity contribution is -0.135. The molecule has 6 nitrogen and oxygen atoms in total. The number of hydrogen-bond acceptors (Lipinski definition) is 5. The summed E-state index contributed by atoms with van der Waals surface area (Å²) in [5.41, 5.74) is 1.77. The number of methoxy groups -OCH3 is 1. The predicted molar refractivity (Wildman–Crippen MR) is 96.2 cm³/mol. The largest absolute Gasteiger partial charge is 0.496 e. The zero-order chi connectivity index (χ0) is 18.0. The van der Waals surface area contributed by atoms with Gasteiger partial charge in [-0.25, -0.2) is 0 Å². The number of likely N-dealkylation sites (tertiary alicyclic amines) is 1. The van der Waals surface area contributed by atoms with Crippen LogP contribution in [0, 0.1) is 6.92 Å². The molecular weight excluding hydrogens is 340 g/mol. The van der Waals surface area contributed by atoms with Gasteiger partial charge in [0.1, 0.15) is 12.3 Å². The van der Waals surface area contributed by atoms with Gasteiger partial charge in [0.25, 0.3) is 11.1 Å². The van der Waals surface area contributed by atoms with Crippen LogP contribution in [0.25, 0.3) is 6.08 Å². The molecule has 2 aliphatic rings. The molecule has 0 saturated carbocycles. The number of carbonyl (C=O) groups excluding carboxylic acids is 3. The zero-order valence-electron chi connectivity index (χ0n) is 14.3. The van der Waals surface area contributed by atoms with Crippen LogP contribution in [0.4, 0.5) is 4.79 Å². The van der Waals surface area contributed by atoms with Crippen molar-refractivity contribution in [3.05, 3.63) is 34.2 Å². The number of ether oxygens (including phenoxy) is 1. The number of imide groups is 1. The number of hydrogen-bond donors (Lipinski definition) is 0. The van der Waals surface area contributed by atoms with Gasteiger partial charge in [-0.1, -0.05) is 12.1 Å². The summed E-state index contributed by atoms with van der Waals surface area (Å²) in [6.07, 6.45) is 3.61. The highest BCUT2D eigenvalue weighted by Gasteiger charge is 2.37. The Morgan fingerprint density at radius 3 is 2.68 bits per heavy atom. The van der Waals surface area contributed by atoms with Gasteiger partial charge in [0.05, 0.1) is 12.0 Å². The maximum absolute atomic E-state index is 12.5. The Morgan fingerprint density at radius 2 is 2.00 bits per heavy atom. The number of aryl methyl sites for hydroxylation is 1. The van der Waals surface area contributed by atoms with Crippen molar-refractivity contribution >= 4 is 34.9 Å². The number of carbonyl (C=O) groups is 3. The van der Waals surface area contributed by atoms with Crippen LogP contribution in [0.3, 0.4) is 0 Å². The molecule has 0 bridgehead atoms. The monoisotopic (exact) mass is 360 g/mol. The Balaban J connectivity index is 1.75. The molecule has 0 atom stereocenters. The molecule has 0 N–H and O–H groups in total. The summed E-state index contributed by atoms with van der Waals surface area (Å²) >= 11 is 0.866. The van der Waals surface area contributed by atoms with Gasteiger partial charge >= 0.3 is 0 Å². The van der Waals surface area contributed by atoms with Crippen molar-refractivity contribution in [2.45, 2.75) is 19.8 Å². The van der Waals surface area contributed by atoms with E-state index in [4.69, 9.17) is 4.74 Å². The van der Waals surface area contributed by atoms with Crippen molar-refractivity contribution in [1.82, 2.24) is 9.80 Å². The second-order valence-electron chi connectivity index (χ2n) is 6.08. The van der Waals surface area contributed by atoms with Gasteiger partial charge in [-0.2, -0.15) is 0 Å². The molecule has 2 saturated heterocycles. The van der Waals surface area contributed by atoms with Crippen LogP contribution in [0.2, 0.25) is 0 Å². The van der Waals surface area contributed by atoms with E-state index in [0.717, 1.165) is 46.4 Å². The first-order valence-corrected chi connectivity index (χ1v) is 8.99. The topological polar surface area (TPSA) is 66.9 Å². The molecule has 2 heterocycles. The van der Waals surface area contributed by atoms with Crippen molar-refractivity contribution in [2.75, 3.05) is 26.7 Å². The second kappa shape index (κ2) is 7.31. The summed E-state index contributed by atoms with van der Waals surface area (Å²) in [5, 5.41) is -0.400. The molecule has 0 spiro atoms. The van der Waals surface area contributed by atoms with E-state index >= 15 is 0 Å². The highest BCUT2D eigenvalue weighted by Crippen LogP contribution is 2.33. The molecule has 3 rings (SSSR count). The van der Waals surface area contributed by atoms with Gasteiger partial charge in [-0.15, -0.1) is 0 Å². The van der Waals surface area contributed by atoms with Crippen LogP contribution in [-0.2, 0) is 9.59 Å². The van der Waals surface area contributed by atoms with Gasteiger partial charge in [-0.3, -0.25) is 19.3 Å². The SMILES string of the molecule is COc1cc(/C=C2/SC(=O)N(CC(=O)N3CCCC3)C2=O)ccc1C. The number of benzene rings is 1. The molecule has 1 aromatic rings. The fourth-order valence-corrected chi connectivity index (χ4v) is 3.75. The lowest BCUT2D eigenvalue weighted by Crippen LogP contribution is -2.40. The molecule has 132 valence electrons. The molecular formula is C18H20N2O4S. The average molecular weight is 360 g/mol. The number of rotatable bonds is 4. The standard InChI is InChI=1S/C18H20N2O4S/c1-12-5-6-13(9-14(12)24-2)10-15-17(22)20(18(23)25-15)11-16(21)19-7-3-4-8-19/h5-6,9-10H,3-4,7-8,11H2,1-2H3/b15-10+. The van der Waals surface area contributed by atoms with Crippen molar-refractivity contribution in [2.24, 2.45) is 0 Å². The van der Waals surface area contributed by atoms with Gasteiger partial charge in [0, 0.05) is 13.1 Å². The fourth-order valence-electron chi connectivity index (χ4n) is 2.92. The summed E-state index contributed by atoms with van der Waals surface area (Å²) in [5.74, 6) is 0.136. The molecule has 7 heteroatoms. The smallest absolute Gasteiger partial charge is 0.294 e. The Morgan fingerprint density at radius 1 is 1.28 bits per heavy atom. The van der Waals surface area contributed by atoms with Crippen LogP contribution in [0.1, 0.15) is 24.0 Å². The maximum atomic E-state index is 12.5. The normalized spacial score (nSPS) is 19.2. The first-order chi connectivity index (χ1) is 12.0. The summed E-state index contributed by atoms with van der Waals surface area (Å²) in [7, 11) is 1.59. The highest BCUT2D eigenvalue weighted by atomic mass is 32.2. The van der Waals surface area contributed by atoms with Crippen LogP contribution < -0.4 is 4.74 Å². The average Bonchev–Trinajstić information content (AvgIpc) is 3.21. The molecule has 2 fully saturated rings. The highest BCUT2D eigenvalue weighted by molar-refractivity contribution is 8.18. The zero-order valence-corrected chi connectivity index (χ0v) is 15.1. The minimum atomic E-state index is -0.415. The van der Waals surface area contributed by atoms with Crippen molar-refractivity contribution < 1.29 is 19.1 Å². The number of thioether (sulfide) groups is 1. The van der Waals surface area contributed by atoms with Crippen LogP contribution >= 0.6 is 11.8 Å². The number of amides is 3. The van der Waals surface area contributed by atoms with E-state index in [9.17, 15) is 14.4 Å². The first kappa shape index (κ1) is 17.5. The fraction of sp³-hybridized carbons (Fsp3) is 0.389. The van der Waals surface area contributed by atoms with Gasteiger partial charge in [-0.05, 0) is 54.8 Å². The Hall–Kier alpha value is -2.28. The van der Waals surface area contributed by atoms with E-state index < -0.39 is 11.1 Å². The van der Waals surface area contributed by atoms with Gasteiger partial charge < -0.3 is 9.64 Å². The molecule has 0 aliphatic carbocycles. The van der Waals surface area contributed by atoms with E-state index in [1.165, 1.54) is 0 Å². The molecule has 25 heavy (non-hydrogen) atoms. The van der Waals surface area contributed by atoms with Crippen LogP contribution in [-0.4, -0.2) is 53.6 Å². The molecule has 2 aliphatic heterocycles. The van der Waals surface area contributed by atoms with E-state index in [1.807, 2.05) is 25.1 Å². The Bertz CT molecular complexity index is 753. The van der Waals surface area contributed by atoms with Crippen LogP contribution in [0.15, 0.2) is 23.1 Å². The van der Waals surface area contributed by atoms with Gasteiger partial charge in [0.2, 0.25) is 5.91 Å². The third-order valence-electron chi connectivity index (χ3n) is 4.36. The molecule has 0 unspecified atom stereocenters. The second-order valence-corrected chi connectivity index (χ2v) is 7.08. The maximum Gasteiger partial charge on any atom is 0.294 e. The van der Waals surface area contributed by atoms with Crippen LogP contribution in [0.5, 0.6) is 5.75 Å². The van der Waals surface area contributed by atoms with Gasteiger partial charge in [0.15, 0.2) is 0 Å². The van der Waals surface area contributed by atoms with E-state index in [-0.39, 0.29) is 12.5 Å². The summed E-state index contributed by atoms with van der Waals surface area (Å²) in [6.45, 7) is 3.15. The van der Waals surface area contributed by atoms with E-state index in [0.29, 0.717) is 18.0 Å². The third kappa shape index (κ3) is 3.71. The molecule has 0 aromatic heterocycles. The minimum Gasteiger partial charge on any atom is -0.496 e. The van der Waals surface area contributed by atoms with E-state index in [2.05, 4.69) is 0 Å². The van der Waals surface area contributed by atoms with E-state index in [1.54, 1.807) is 18.1 Å². The summed E-state index contributed by atoms with van der Waals surface area (Å²) < 4.78 is 5.28. The lowest BCUT2D eigenvalue weighted by Gasteiger charge is -2.18. The predicted octanol–water partition coefficient (Wildman–Crippen LogP) is 2.66. The summed E-state index contributed by atoms with van der Waals surface area (Å²) in [6, 6.07) is 5.58. The molecule has 1 aromatic carbocycles. The molecule has 0 radical (unpaired) electrons. The summed E-state index contributed by atoms with van der Waals surface area (Å²) in [4.78, 5) is 39.9.